The summed E-state index contributed by atoms with van der Waals surface area (Å²) in [6, 6.07) is 4.85. The molecular formula is C11H5Cl3FN3O. The van der Waals surface area contributed by atoms with Crippen molar-refractivity contribution in [3.05, 3.63) is 51.0 Å². The Labute approximate surface area is 122 Å². The highest BCUT2D eigenvalue weighted by atomic mass is 35.5. The van der Waals surface area contributed by atoms with Crippen LogP contribution in [-0.2, 0) is 0 Å². The van der Waals surface area contributed by atoms with Gasteiger partial charge in [0.25, 0.3) is 5.91 Å². The summed E-state index contributed by atoms with van der Waals surface area (Å²) in [6.07, 6.45) is 0. The van der Waals surface area contributed by atoms with E-state index in [1.165, 1.54) is 18.2 Å². The number of hydrogen-bond acceptors (Lipinski definition) is 3. The molecule has 2 rings (SSSR count). The summed E-state index contributed by atoms with van der Waals surface area (Å²) in [5.74, 6) is -1.08. The van der Waals surface area contributed by atoms with E-state index in [0.29, 0.717) is 0 Å². The van der Waals surface area contributed by atoms with Crippen LogP contribution in [0.1, 0.15) is 10.4 Å². The van der Waals surface area contributed by atoms with Crippen LogP contribution in [0.3, 0.4) is 0 Å². The van der Waals surface area contributed by atoms with Crippen LogP contribution in [-0.4, -0.2) is 16.1 Å². The quantitative estimate of drug-likeness (QED) is 0.915. The second-order valence-electron chi connectivity index (χ2n) is 3.45. The molecule has 4 nitrogen and oxygen atoms in total. The molecule has 19 heavy (non-hydrogen) atoms. The highest BCUT2D eigenvalue weighted by molar-refractivity contribution is 6.36. The van der Waals surface area contributed by atoms with Crippen molar-refractivity contribution < 1.29 is 9.18 Å². The normalized spacial score (nSPS) is 10.3. The number of carbonyl (C=O) groups is 1. The molecule has 0 atom stereocenters. The van der Waals surface area contributed by atoms with Crippen molar-refractivity contribution in [2.24, 2.45) is 0 Å². The first-order chi connectivity index (χ1) is 8.97. The molecule has 1 N–H and O–H groups in total. The molecule has 1 amide bonds. The Kier molecular flexibility index (Phi) is 4.19. The number of rotatable bonds is 2. The maximum absolute atomic E-state index is 12.9. The largest absolute Gasteiger partial charge is 0.321 e. The molecule has 0 fully saturated rings. The fraction of sp³-hybridized carbons (Fsp3) is 0. The predicted molar refractivity (Wildman–Crippen MR) is 71.4 cm³/mol. The summed E-state index contributed by atoms with van der Waals surface area (Å²) >= 11 is 17.2. The lowest BCUT2D eigenvalue weighted by Crippen LogP contribution is -2.14. The van der Waals surface area contributed by atoms with Gasteiger partial charge in [0.05, 0.1) is 16.3 Å². The molecular weight excluding hydrogens is 315 g/mol. The van der Waals surface area contributed by atoms with Crippen LogP contribution in [0.2, 0.25) is 15.3 Å². The van der Waals surface area contributed by atoms with Crippen LogP contribution in [0.4, 0.5) is 10.1 Å². The molecule has 1 heterocycles. The summed E-state index contributed by atoms with van der Waals surface area (Å²) < 4.78 is 12.9. The maximum Gasteiger partial charge on any atom is 0.259 e. The standard InChI is InChI=1S/C11H5Cl3FN3O/c12-7-3-5(15)1-2-8(7)16-11(19)6-4-9(13)17-18-10(6)14/h1-4H,(H,16,19). The zero-order valence-electron chi connectivity index (χ0n) is 9.12. The van der Waals surface area contributed by atoms with Crippen molar-refractivity contribution in [2.75, 3.05) is 5.32 Å². The van der Waals surface area contributed by atoms with E-state index in [0.717, 1.165) is 6.07 Å². The van der Waals surface area contributed by atoms with Gasteiger partial charge in [0.15, 0.2) is 10.3 Å². The van der Waals surface area contributed by atoms with E-state index in [1.54, 1.807) is 0 Å². The zero-order chi connectivity index (χ0) is 14.0. The van der Waals surface area contributed by atoms with E-state index >= 15 is 0 Å². The predicted octanol–water partition coefficient (Wildman–Crippen LogP) is 3.83. The second-order valence-corrected chi connectivity index (χ2v) is 4.60. The number of hydrogen-bond donors (Lipinski definition) is 1. The van der Waals surface area contributed by atoms with E-state index in [-0.39, 0.29) is 26.6 Å². The molecule has 0 bridgehead atoms. The number of nitrogens with one attached hydrogen (secondary N) is 1. The first-order valence-corrected chi connectivity index (χ1v) is 6.06. The molecule has 0 unspecified atom stereocenters. The van der Waals surface area contributed by atoms with Crippen LogP contribution < -0.4 is 5.32 Å². The molecule has 0 spiro atoms. The first kappa shape index (κ1) is 14.0. The lowest BCUT2D eigenvalue weighted by Gasteiger charge is -2.07. The third-order valence-corrected chi connectivity index (χ3v) is 2.92. The fourth-order valence-electron chi connectivity index (χ4n) is 1.29. The Balaban J connectivity index is 2.28. The van der Waals surface area contributed by atoms with E-state index in [1.807, 2.05) is 0 Å². The number of benzene rings is 1. The summed E-state index contributed by atoms with van der Waals surface area (Å²) in [6.45, 7) is 0. The van der Waals surface area contributed by atoms with Crippen LogP contribution in [0.15, 0.2) is 24.3 Å². The Bertz CT molecular complexity index is 651. The van der Waals surface area contributed by atoms with Crippen LogP contribution >= 0.6 is 34.8 Å². The van der Waals surface area contributed by atoms with Gasteiger partial charge in [-0.1, -0.05) is 34.8 Å². The number of aromatic nitrogens is 2. The van der Waals surface area contributed by atoms with Gasteiger partial charge in [-0.3, -0.25) is 4.79 Å². The topological polar surface area (TPSA) is 54.9 Å². The van der Waals surface area contributed by atoms with Gasteiger partial charge in [-0.25, -0.2) is 4.39 Å². The molecule has 0 aliphatic heterocycles. The first-order valence-electron chi connectivity index (χ1n) is 4.92. The molecule has 0 aliphatic rings. The van der Waals surface area contributed by atoms with Crippen molar-refractivity contribution in [3.63, 3.8) is 0 Å². The van der Waals surface area contributed by atoms with Crippen molar-refractivity contribution in [1.29, 1.82) is 0 Å². The second kappa shape index (κ2) is 5.69. The van der Waals surface area contributed by atoms with Crippen LogP contribution in [0.5, 0.6) is 0 Å². The molecule has 8 heteroatoms. The summed E-state index contributed by atoms with van der Waals surface area (Å²) in [5.41, 5.74) is 0.291. The Hall–Kier alpha value is -1.43. The van der Waals surface area contributed by atoms with Gasteiger partial charge in [-0.15, -0.1) is 10.2 Å². The number of nitrogens with zero attached hydrogens (tertiary/aromatic N) is 2. The molecule has 0 aliphatic carbocycles. The lowest BCUT2D eigenvalue weighted by atomic mass is 10.2. The molecule has 1 aromatic carbocycles. The van der Waals surface area contributed by atoms with Crippen LogP contribution in [0.25, 0.3) is 0 Å². The minimum absolute atomic E-state index is 0.0275. The minimum Gasteiger partial charge on any atom is -0.321 e. The smallest absolute Gasteiger partial charge is 0.259 e. The van der Waals surface area contributed by atoms with E-state index < -0.39 is 11.7 Å². The maximum atomic E-state index is 12.9. The average molecular weight is 321 g/mol. The van der Waals surface area contributed by atoms with Gasteiger partial charge in [-0.2, -0.15) is 0 Å². The van der Waals surface area contributed by atoms with Gasteiger partial charge in [0.2, 0.25) is 0 Å². The van der Waals surface area contributed by atoms with Gasteiger partial charge in [0, 0.05) is 0 Å². The number of anilines is 1. The van der Waals surface area contributed by atoms with Gasteiger partial charge < -0.3 is 5.32 Å². The van der Waals surface area contributed by atoms with E-state index in [4.69, 9.17) is 34.8 Å². The Morgan fingerprint density at radius 1 is 1.16 bits per heavy atom. The SMILES string of the molecule is O=C(Nc1ccc(F)cc1Cl)c1cc(Cl)nnc1Cl. The van der Waals surface area contributed by atoms with Crippen molar-refractivity contribution in [2.45, 2.75) is 0 Å². The molecule has 98 valence electrons. The fourth-order valence-corrected chi connectivity index (χ4v) is 1.83. The lowest BCUT2D eigenvalue weighted by molar-refractivity contribution is 0.102. The van der Waals surface area contributed by atoms with Crippen LogP contribution in [0, 0.1) is 5.82 Å². The van der Waals surface area contributed by atoms with Crippen molar-refractivity contribution in [1.82, 2.24) is 10.2 Å². The molecule has 1 aromatic heterocycles. The molecule has 0 saturated carbocycles. The highest BCUT2D eigenvalue weighted by Gasteiger charge is 2.14. The average Bonchev–Trinajstić information content (AvgIpc) is 2.35. The summed E-state index contributed by atoms with van der Waals surface area (Å²) in [4.78, 5) is 11.9. The Morgan fingerprint density at radius 3 is 2.58 bits per heavy atom. The number of carbonyl (C=O) groups excluding carboxylic acids is 1. The third kappa shape index (κ3) is 3.32. The van der Waals surface area contributed by atoms with E-state index in [9.17, 15) is 9.18 Å². The molecule has 2 aromatic rings. The van der Waals surface area contributed by atoms with Gasteiger partial charge in [-0.05, 0) is 24.3 Å². The Morgan fingerprint density at radius 2 is 1.89 bits per heavy atom. The number of amides is 1. The van der Waals surface area contributed by atoms with Crippen molar-refractivity contribution >= 4 is 46.4 Å². The van der Waals surface area contributed by atoms with Crippen molar-refractivity contribution in [3.8, 4) is 0 Å². The minimum atomic E-state index is -0.574. The monoisotopic (exact) mass is 319 g/mol. The summed E-state index contributed by atoms with van der Waals surface area (Å²) in [7, 11) is 0. The van der Waals surface area contributed by atoms with E-state index in [2.05, 4.69) is 15.5 Å². The molecule has 0 saturated heterocycles. The van der Waals surface area contributed by atoms with Gasteiger partial charge in [0.1, 0.15) is 5.82 Å². The molecule has 0 radical (unpaired) electrons. The summed E-state index contributed by atoms with van der Waals surface area (Å²) in [5, 5.41) is 9.46. The highest BCUT2D eigenvalue weighted by Crippen LogP contribution is 2.24. The van der Waals surface area contributed by atoms with Gasteiger partial charge >= 0.3 is 0 Å². The third-order valence-electron chi connectivity index (χ3n) is 2.14. The number of halogens is 4. The zero-order valence-corrected chi connectivity index (χ0v) is 11.4.